The molecule has 0 saturated carbocycles. The lowest BCUT2D eigenvalue weighted by atomic mass is 10.3. The maximum Gasteiger partial charge on any atom is 0.210 e. The quantitative estimate of drug-likeness (QED) is 0.696. The van der Waals surface area contributed by atoms with Crippen LogP contribution in [0.15, 0.2) is 21.2 Å². The smallest absolute Gasteiger partial charge is 0.210 e. The summed E-state index contributed by atoms with van der Waals surface area (Å²) in [4.78, 5) is 3.93. The van der Waals surface area contributed by atoms with Crippen LogP contribution < -0.4 is 0 Å². The van der Waals surface area contributed by atoms with Crippen molar-refractivity contribution in [1.82, 2.24) is 10.1 Å². The van der Waals surface area contributed by atoms with Gasteiger partial charge < -0.3 is 8.94 Å². The second-order valence-corrected chi connectivity index (χ2v) is 2.85. The SMILES string of the molecule is Cc1cc(-c2cnc(CCl)o2)on1. The minimum Gasteiger partial charge on any atom is -0.436 e. The Hall–Kier alpha value is -1.29. The van der Waals surface area contributed by atoms with Crippen molar-refractivity contribution in [1.29, 1.82) is 0 Å². The molecule has 0 unspecified atom stereocenters. The monoisotopic (exact) mass is 198 g/mol. The zero-order chi connectivity index (χ0) is 9.26. The van der Waals surface area contributed by atoms with Crippen molar-refractivity contribution in [3.05, 3.63) is 23.8 Å². The lowest BCUT2D eigenvalue weighted by Crippen LogP contribution is -1.70. The van der Waals surface area contributed by atoms with Gasteiger partial charge in [0.2, 0.25) is 11.7 Å². The number of rotatable bonds is 2. The molecule has 68 valence electrons. The maximum absolute atomic E-state index is 5.53. The number of halogens is 1. The highest BCUT2D eigenvalue weighted by molar-refractivity contribution is 6.16. The van der Waals surface area contributed by atoms with Crippen LogP contribution in [0.1, 0.15) is 11.6 Å². The van der Waals surface area contributed by atoms with E-state index in [4.69, 9.17) is 20.5 Å². The van der Waals surface area contributed by atoms with Crippen LogP contribution in [-0.4, -0.2) is 10.1 Å². The van der Waals surface area contributed by atoms with Gasteiger partial charge in [0.15, 0.2) is 5.76 Å². The molecule has 13 heavy (non-hydrogen) atoms. The van der Waals surface area contributed by atoms with Crippen molar-refractivity contribution in [2.75, 3.05) is 0 Å². The van der Waals surface area contributed by atoms with E-state index in [1.807, 2.05) is 6.92 Å². The van der Waals surface area contributed by atoms with E-state index in [0.29, 0.717) is 17.4 Å². The van der Waals surface area contributed by atoms with E-state index in [2.05, 4.69) is 10.1 Å². The normalized spacial score (nSPS) is 10.6. The summed E-state index contributed by atoms with van der Waals surface area (Å²) < 4.78 is 10.2. The van der Waals surface area contributed by atoms with E-state index >= 15 is 0 Å². The van der Waals surface area contributed by atoms with E-state index in [0.717, 1.165) is 5.69 Å². The van der Waals surface area contributed by atoms with E-state index in [-0.39, 0.29) is 5.88 Å². The molecule has 0 atom stereocenters. The lowest BCUT2D eigenvalue weighted by molar-refractivity contribution is 0.410. The molecule has 0 bridgehead atoms. The third-order valence-electron chi connectivity index (χ3n) is 1.54. The van der Waals surface area contributed by atoms with Crippen LogP contribution in [-0.2, 0) is 5.88 Å². The van der Waals surface area contributed by atoms with Crippen molar-refractivity contribution in [3.8, 4) is 11.5 Å². The van der Waals surface area contributed by atoms with Gasteiger partial charge in [0, 0.05) is 6.07 Å². The topological polar surface area (TPSA) is 52.1 Å². The molecule has 4 nitrogen and oxygen atoms in total. The maximum atomic E-state index is 5.53. The third kappa shape index (κ3) is 1.58. The van der Waals surface area contributed by atoms with Gasteiger partial charge in [-0.25, -0.2) is 4.98 Å². The Bertz CT molecular complexity index is 408. The van der Waals surface area contributed by atoms with Crippen LogP contribution in [0, 0.1) is 6.92 Å². The molecule has 2 aromatic rings. The zero-order valence-corrected chi connectivity index (χ0v) is 7.71. The summed E-state index contributed by atoms with van der Waals surface area (Å²) in [6.07, 6.45) is 1.57. The Balaban J connectivity index is 2.35. The second kappa shape index (κ2) is 3.22. The fourth-order valence-corrected chi connectivity index (χ4v) is 1.09. The fourth-order valence-electron chi connectivity index (χ4n) is 0.966. The zero-order valence-electron chi connectivity index (χ0n) is 6.95. The van der Waals surface area contributed by atoms with Gasteiger partial charge >= 0.3 is 0 Å². The van der Waals surface area contributed by atoms with Gasteiger partial charge in [-0.05, 0) is 6.92 Å². The largest absolute Gasteiger partial charge is 0.436 e. The van der Waals surface area contributed by atoms with Crippen LogP contribution in [0.2, 0.25) is 0 Å². The standard InChI is InChI=1S/C8H7ClN2O2/c1-5-2-6(13-11-5)7-4-10-8(3-9)12-7/h2,4H,3H2,1H3. The van der Waals surface area contributed by atoms with Crippen LogP contribution in [0.3, 0.4) is 0 Å². The van der Waals surface area contributed by atoms with Crippen molar-refractivity contribution >= 4 is 11.6 Å². The van der Waals surface area contributed by atoms with Gasteiger partial charge in [-0.1, -0.05) is 5.16 Å². The Morgan fingerprint density at radius 3 is 2.85 bits per heavy atom. The summed E-state index contributed by atoms with van der Waals surface area (Å²) in [5.41, 5.74) is 0.804. The summed E-state index contributed by atoms with van der Waals surface area (Å²) in [7, 11) is 0. The highest BCUT2D eigenvalue weighted by atomic mass is 35.5. The Morgan fingerprint density at radius 1 is 1.46 bits per heavy atom. The van der Waals surface area contributed by atoms with Gasteiger partial charge in [-0.2, -0.15) is 0 Å². The molecular formula is C8H7ClN2O2. The van der Waals surface area contributed by atoms with Gasteiger partial charge in [0.05, 0.1) is 17.8 Å². The molecular weight excluding hydrogens is 192 g/mol. The first-order valence-corrected chi connectivity index (χ1v) is 4.27. The van der Waals surface area contributed by atoms with Crippen LogP contribution in [0.25, 0.3) is 11.5 Å². The number of hydrogen-bond donors (Lipinski definition) is 0. The molecule has 0 fully saturated rings. The second-order valence-electron chi connectivity index (χ2n) is 2.58. The highest BCUT2D eigenvalue weighted by Crippen LogP contribution is 2.21. The predicted molar refractivity (Wildman–Crippen MR) is 46.3 cm³/mol. The average molecular weight is 199 g/mol. The number of alkyl halides is 1. The summed E-state index contributed by atoms with van der Waals surface area (Å²) in [5, 5.41) is 3.73. The molecule has 0 aliphatic carbocycles. The molecule has 2 aromatic heterocycles. The molecule has 5 heteroatoms. The van der Waals surface area contributed by atoms with Gasteiger partial charge in [0.1, 0.15) is 0 Å². The number of aromatic nitrogens is 2. The third-order valence-corrected chi connectivity index (χ3v) is 1.77. The van der Waals surface area contributed by atoms with E-state index in [1.165, 1.54) is 0 Å². The summed E-state index contributed by atoms with van der Waals surface area (Å²) in [6, 6.07) is 1.78. The van der Waals surface area contributed by atoms with Gasteiger partial charge in [0.25, 0.3) is 0 Å². The number of hydrogen-bond acceptors (Lipinski definition) is 4. The van der Waals surface area contributed by atoms with E-state index in [1.54, 1.807) is 12.3 Å². The predicted octanol–water partition coefficient (Wildman–Crippen LogP) is 2.38. The minimum absolute atomic E-state index is 0.257. The molecule has 0 radical (unpaired) electrons. The Kier molecular flexibility index (Phi) is 2.06. The minimum atomic E-state index is 0.257. The molecule has 0 aliphatic rings. The van der Waals surface area contributed by atoms with Crippen LogP contribution in [0.4, 0.5) is 0 Å². The highest BCUT2D eigenvalue weighted by Gasteiger charge is 2.09. The average Bonchev–Trinajstić information content (AvgIpc) is 2.71. The molecule has 0 amide bonds. The number of nitrogens with zero attached hydrogens (tertiary/aromatic N) is 2. The Labute approximate surface area is 79.5 Å². The van der Waals surface area contributed by atoms with Crippen molar-refractivity contribution in [2.24, 2.45) is 0 Å². The van der Waals surface area contributed by atoms with Crippen LogP contribution >= 0.6 is 11.6 Å². The van der Waals surface area contributed by atoms with E-state index < -0.39 is 0 Å². The lowest BCUT2D eigenvalue weighted by Gasteiger charge is -1.84. The number of oxazole rings is 1. The van der Waals surface area contributed by atoms with Crippen LogP contribution in [0.5, 0.6) is 0 Å². The molecule has 0 N–H and O–H groups in total. The molecule has 0 aromatic carbocycles. The van der Waals surface area contributed by atoms with Crippen molar-refractivity contribution in [3.63, 3.8) is 0 Å². The first-order valence-electron chi connectivity index (χ1n) is 3.74. The molecule has 2 rings (SSSR count). The summed E-state index contributed by atoms with van der Waals surface area (Å²) in [6.45, 7) is 1.84. The first kappa shape index (κ1) is 8.31. The van der Waals surface area contributed by atoms with E-state index in [9.17, 15) is 0 Å². The first-order chi connectivity index (χ1) is 6.29. The van der Waals surface area contributed by atoms with Gasteiger partial charge in [-0.3, -0.25) is 0 Å². The molecule has 2 heterocycles. The Morgan fingerprint density at radius 2 is 2.31 bits per heavy atom. The molecule has 0 spiro atoms. The number of aryl methyl sites for hydroxylation is 1. The van der Waals surface area contributed by atoms with Crippen molar-refractivity contribution < 1.29 is 8.94 Å². The summed E-state index contributed by atoms with van der Waals surface area (Å²) in [5.74, 6) is 1.86. The van der Waals surface area contributed by atoms with Crippen molar-refractivity contribution in [2.45, 2.75) is 12.8 Å². The van der Waals surface area contributed by atoms with Gasteiger partial charge in [-0.15, -0.1) is 11.6 Å². The molecule has 0 aliphatic heterocycles. The summed E-state index contributed by atoms with van der Waals surface area (Å²) >= 11 is 5.53. The molecule has 0 saturated heterocycles. The fraction of sp³-hybridized carbons (Fsp3) is 0.250.